The van der Waals surface area contributed by atoms with Gasteiger partial charge in [-0.1, -0.05) is 30.3 Å². The van der Waals surface area contributed by atoms with Crippen LogP contribution in [0.15, 0.2) is 73.3 Å². The van der Waals surface area contributed by atoms with Gasteiger partial charge in [-0.05, 0) is 55.0 Å². The Morgan fingerprint density at radius 2 is 1.97 bits per heavy atom. The molecule has 2 atom stereocenters. The molecule has 2 aliphatic heterocycles. The molecule has 2 aromatic heterocycles. The van der Waals surface area contributed by atoms with Crippen molar-refractivity contribution in [1.82, 2.24) is 19.4 Å². The van der Waals surface area contributed by atoms with Crippen LogP contribution in [0.3, 0.4) is 0 Å². The molecule has 2 aromatic carbocycles. The summed E-state index contributed by atoms with van der Waals surface area (Å²) in [5, 5.41) is 12.2. The van der Waals surface area contributed by atoms with Crippen LogP contribution in [-0.4, -0.2) is 63.2 Å². The predicted octanol–water partition coefficient (Wildman–Crippen LogP) is 4.13. The van der Waals surface area contributed by atoms with Gasteiger partial charge >= 0.3 is 0 Å². The maximum Gasteiger partial charge on any atom is 0.242 e. The number of benzene rings is 2. The van der Waals surface area contributed by atoms with Crippen molar-refractivity contribution in [1.29, 1.82) is 0 Å². The number of imidazole rings is 1. The van der Waals surface area contributed by atoms with Crippen molar-refractivity contribution >= 4 is 22.5 Å². The molecule has 2 unspecified atom stereocenters. The van der Waals surface area contributed by atoms with Crippen molar-refractivity contribution in [3.8, 4) is 11.3 Å². The third-order valence-corrected chi connectivity index (χ3v) is 7.90. The van der Waals surface area contributed by atoms with E-state index in [0.29, 0.717) is 26.1 Å². The van der Waals surface area contributed by atoms with E-state index in [1.54, 1.807) is 6.20 Å². The molecule has 0 spiro atoms. The molecule has 6 rings (SSSR count). The molecular weight excluding hydrogens is 450 g/mol. The highest BCUT2D eigenvalue weighted by Crippen LogP contribution is 2.42. The summed E-state index contributed by atoms with van der Waals surface area (Å²) in [5.74, 6) is 0.323. The van der Waals surface area contributed by atoms with Gasteiger partial charge in [0.1, 0.15) is 0 Å². The third kappa shape index (κ3) is 4.13. The molecule has 1 amide bonds. The summed E-state index contributed by atoms with van der Waals surface area (Å²) in [6.45, 7) is 1.71. The highest BCUT2D eigenvalue weighted by Gasteiger charge is 2.34. The minimum atomic E-state index is -0.414. The van der Waals surface area contributed by atoms with Gasteiger partial charge in [-0.3, -0.25) is 9.78 Å². The van der Waals surface area contributed by atoms with Crippen molar-refractivity contribution in [2.24, 2.45) is 5.92 Å². The fourth-order valence-corrected chi connectivity index (χ4v) is 5.82. The molecule has 0 saturated carbocycles. The van der Waals surface area contributed by atoms with Crippen LogP contribution in [0.1, 0.15) is 30.9 Å². The van der Waals surface area contributed by atoms with Gasteiger partial charge in [0, 0.05) is 43.0 Å². The number of rotatable bonds is 6. The summed E-state index contributed by atoms with van der Waals surface area (Å²) in [6, 6.07) is 18.6. The average molecular weight is 482 g/mol. The van der Waals surface area contributed by atoms with Crippen molar-refractivity contribution in [2.45, 2.75) is 31.4 Å². The number of aliphatic hydroxyl groups is 1. The fourth-order valence-electron chi connectivity index (χ4n) is 5.82. The minimum Gasteiger partial charge on any atom is -0.393 e. The van der Waals surface area contributed by atoms with Crippen LogP contribution in [0.25, 0.3) is 22.2 Å². The normalized spacial score (nSPS) is 18.2. The van der Waals surface area contributed by atoms with Gasteiger partial charge in [0.15, 0.2) is 0 Å². The summed E-state index contributed by atoms with van der Waals surface area (Å²) in [5.41, 5.74) is 5.54. The Morgan fingerprint density at radius 1 is 1.14 bits per heavy atom. The molecule has 1 fully saturated rings. The Hall–Kier alpha value is -3.71. The van der Waals surface area contributed by atoms with Crippen LogP contribution in [-0.2, 0) is 4.79 Å². The van der Waals surface area contributed by atoms with E-state index in [-0.39, 0.29) is 17.9 Å². The third-order valence-electron chi connectivity index (χ3n) is 7.90. The highest BCUT2D eigenvalue weighted by molar-refractivity contribution is 5.85. The number of nitrogens with zero attached hydrogens (tertiary/aromatic N) is 5. The molecule has 1 N–H and O–H groups in total. The summed E-state index contributed by atoms with van der Waals surface area (Å²) in [6.07, 6.45) is 7.46. The first-order valence-electron chi connectivity index (χ1n) is 12.7. The van der Waals surface area contributed by atoms with Crippen molar-refractivity contribution in [3.05, 3.63) is 78.9 Å². The maximum atomic E-state index is 13.0. The van der Waals surface area contributed by atoms with E-state index in [4.69, 9.17) is 0 Å². The molecule has 0 aliphatic carbocycles. The van der Waals surface area contributed by atoms with E-state index in [1.165, 1.54) is 11.1 Å². The first-order chi connectivity index (χ1) is 17.6. The highest BCUT2D eigenvalue weighted by atomic mass is 16.3. The van der Waals surface area contributed by atoms with Crippen LogP contribution in [0, 0.1) is 5.92 Å². The standard InChI is InChI=1S/C29H31N5O2/c1-32(22-8-9-25-21(15-22)5-4-12-31-25)18-29(36)33-13-10-20(11-14-33)28(35)16-26-23-6-2-3-7-24(23)27-17-30-19-34(26)27/h2-9,12,15,17,19-20,26,28,35H,10-11,13-14,16,18H2,1H3. The van der Waals surface area contributed by atoms with Crippen molar-refractivity contribution < 1.29 is 9.90 Å². The van der Waals surface area contributed by atoms with Crippen LogP contribution in [0.2, 0.25) is 0 Å². The summed E-state index contributed by atoms with van der Waals surface area (Å²) < 4.78 is 2.19. The lowest BCUT2D eigenvalue weighted by Crippen LogP contribution is -2.45. The van der Waals surface area contributed by atoms with E-state index in [0.717, 1.165) is 35.1 Å². The van der Waals surface area contributed by atoms with Gasteiger partial charge in [-0.15, -0.1) is 0 Å². The number of aromatic nitrogens is 3. The number of pyridine rings is 1. The first-order valence-corrected chi connectivity index (χ1v) is 12.7. The van der Waals surface area contributed by atoms with Gasteiger partial charge in [0.2, 0.25) is 5.91 Å². The number of aliphatic hydroxyl groups excluding tert-OH is 1. The Balaban J connectivity index is 1.05. The van der Waals surface area contributed by atoms with Gasteiger partial charge in [0.25, 0.3) is 0 Å². The zero-order valence-corrected chi connectivity index (χ0v) is 20.5. The minimum absolute atomic E-state index is 0.110. The monoisotopic (exact) mass is 481 g/mol. The smallest absolute Gasteiger partial charge is 0.242 e. The zero-order chi connectivity index (χ0) is 24.6. The summed E-state index contributed by atoms with van der Waals surface area (Å²) in [7, 11) is 1.95. The lowest BCUT2D eigenvalue weighted by molar-refractivity contribution is -0.131. The SMILES string of the molecule is CN(CC(=O)N1CCC(C(O)CC2c3ccccc3-c3cncn32)CC1)c1ccc2ncccc2c1. The van der Waals surface area contributed by atoms with E-state index < -0.39 is 6.10 Å². The second-order valence-electron chi connectivity index (χ2n) is 10.0. The average Bonchev–Trinajstić information content (AvgIpc) is 3.51. The first kappa shape index (κ1) is 22.7. The number of amides is 1. The number of carbonyl (C=O) groups is 1. The van der Waals surface area contributed by atoms with E-state index in [9.17, 15) is 9.90 Å². The Morgan fingerprint density at radius 3 is 2.83 bits per heavy atom. The number of anilines is 1. The molecule has 184 valence electrons. The van der Waals surface area contributed by atoms with Crippen LogP contribution < -0.4 is 4.90 Å². The molecule has 1 saturated heterocycles. The molecule has 4 aromatic rings. The largest absolute Gasteiger partial charge is 0.393 e. The molecule has 7 nitrogen and oxygen atoms in total. The van der Waals surface area contributed by atoms with E-state index in [1.807, 2.05) is 53.6 Å². The van der Waals surface area contributed by atoms with E-state index in [2.05, 4.69) is 44.9 Å². The second-order valence-corrected chi connectivity index (χ2v) is 10.0. The number of carbonyl (C=O) groups excluding carboxylic acids is 1. The quantitative estimate of drug-likeness (QED) is 0.448. The topological polar surface area (TPSA) is 74.5 Å². The number of hydrogen-bond acceptors (Lipinski definition) is 5. The Labute approximate surface area is 211 Å². The molecular formula is C29H31N5O2. The molecule has 36 heavy (non-hydrogen) atoms. The van der Waals surface area contributed by atoms with Gasteiger partial charge in [0.05, 0.1) is 42.4 Å². The second kappa shape index (κ2) is 9.39. The lowest BCUT2D eigenvalue weighted by Gasteiger charge is -2.36. The molecule has 2 aliphatic rings. The zero-order valence-electron chi connectivity index (χ0n) is 20.5. The molecule has 7 heteroatoms. The van der Waals surface area contributed by atoms with E-state index >= 15 is 0 Å². The Bertz CT molecular complexity index is 1390. The number of fused-ring (bicyclic) bond motifs is 4. The van der Waals surface area contributed by atoms with Crippen molar-refractivity contribution in [3.63, 3.8) is 0 Å². The van der Waals surface area contributed by atoms with Gasteiger partial charge < -0.3 is 19.5 Å². The summed E-state index contributed by atoms with van der Waals surface area (Å²) in [4.78, 5) is 25.7. The fraction of sp³-hybridized carbons (Fsp3) is 0.345. The molecule has 4 heterocycles. The predicted molar refractivity (Wildman–Crippen MR) is 141 cm³/mol. The molecule has 0 bridgehead atoms. The van der Waals surface area contributed by atoms with Gasteiger partial charge in [-0.2, -0.15) is 0 Å². The number of likely N-dealkylation sites (tertiary alicyclic amines) is 1. The maximum absolute atomic E-state index is 13.0. The van der Waals surface area contributed by atoms with Crippen LogP contribution in [0.5, 0.6) is 0 Å². The molecule has 0 radical (unpaired) electrons. The van der Waals surface area contributed by atoms with Gasteiger partial charge in [-0.25, -0.2) is 4.98 Å². The summed E-state index contributed by atoms with van der Waals surface area (Å²) >= 11 is 0. The number of hydrogen-bond donors (Lipinski definition) is 1. The van der Waals surface area contributed by atoms with Crippen LogP contribution in [0.4, 0.5) is 5.69 Å². The number of likely N-dealkylation sites (N-methyl/N-ethyl adjacent to an activating group) is 1. The number of piperidine rings is 1. The van der Waals surface area contributed by atoms with Crippen molar-refractivity contribution in [2.75, 3.05) is 31.6 Å². The van der Waals surface area contributed by atoms with Crippen LogP contribution >= 0.6 is 0 Å². The Kier molecular flexibility index (Phi) is 5.93. The lowest BCUT2D eigenvalue weighted by atomic mass is 9.86.